The first-order chi connectivity index (χ1) is 15.6. The van der Waals surface area contributed by atoms with E-state index in [4.69, 9.17) is 27.9 Å². The lowest BCUT2D eigenvalue weighted by molar-refractivity contribution is 0.227. The second-order valence-corrected chi connectivity index (χ2v) is 8.38. The Morgan fingerprint density at radius 2 is 1.75 bits per heavy atom. The normalized spacial score (nSPS) is 15.2. The first kappa shape index (κ1) is 20.9. The Bertz CT molecular complexity index is 1220. The molecule has 5 rings (SSSR count). The van der Waals surface area contributed by atoms with Crippen molar-refractivity contribution in [1.29, 1.82) is 0 Å². The quantitative estimate of drug-likeness (QED) is 0.450. The molecule has 4 heterocycles. The average molecular weight is 470 g/mol. The molecule has 1 atom stereocenters. The van der Waals surface area contributed by atoms with Crippen molar-refractivity contribution in [3.63, 3.8) is 0 Å². The van der Waals surface area contributed by atoms with Gasteiger partial charge in [0.05, 0.1) is 15.6 Å². The van der Waals surface area contributed by atoms with Gasteiger partial charge in [0.25, 0.3) is 0 Å². The summed E-state index contributed by atoms with van der Waals surface area (Å²) in [6.07, 6.45) is 6.39. The third-order valence-electron chi connectivity index (χ3n) is 5.46. The van der Waals surface area contributed by atoms with Crippen LogP contribution in [0.2, 0.25) is 10.0 Å². The maximum absolute atomic E-state index is 6.28. The van der Waals surface area contributed by atoms with E-state index in [0.717, 1.165) is 54.3 Å². The van der Waals surface area contributed by atoms with Crippen LogP contribution in [0.25, 0.3) is 22.2 Å². The number of rotatable bonds is 5. The first-order valence-electron chi connectivity index (χ1n) is 10.3. The fourth-order valence-electron chi connectivity index (χ4n) is 3.83. The molecule has 8 nitrogen and oxygen atoms in total. The number of hydrogen-bond donors (Lipinski definition) is 2. The summed E-state index contributed by atoms with van der Waals surface area (Å²) >= 11 is 12.6. The highest BCUT2D eigenvalue weighted by Crippen LogP contribution is 2.34. The van der Waals surface area contributed by atoms with Crippen molar-refractivity contribution in [2.45, 2.75) is 13.0 Å². The van der Waals surface area contributed by atoms with Crippen molar-refractivity contribution in [3.8, 4) is 17.0 Å². The molecule has 1 saturated heterocycles. The highest BCUT2D eigenvalue weighted by molar-refractivity contribution is 6.35. The van der Waals surface area contributed by atoms with E-state index in [2.05, 4.69) is 35.4 Å². The molecule has 1 aromatic carbocycles. The first-order valence-corrected chi connectivity index (χ1v) is 11.1. The van der Waals surface area contributed by atoms with E-state index < -0.39 is 0 Å². The van der Waals surface area contributed by atoms with Crippen LogP contribution in [0.5, 0.6) is 5.75 Å². The van der Waals surface area contributed by atoms with Crippen LogP contribution in [-0.2, 0) is 0 Å². The molecule has 0 amide bonds. The number of nitrogens with zero attached hydrogens (tertiary/aromatic N) is 5. The van der Waals surface area contributed by atoms with Gasteiger partial charge in [0, 0.05) is 67.5 Å². The van der Waals surface area contributed by atoms with Gasteiger partial charge in [-0.15, -0.1) is 0 Å². The number of aromatic amines is 1. The zero-order chi connectivity index (χ0) is 22.1. The van der Waals surface area contributed by atoms with Crippen LogP contribution >= 0.6 is 23.2 Å². The summed E-state index contributed by atoms with van der Waals surface area (Å²) in [7, 11) is 0. The molecule has 32 heavy (non-hydrogen) atoms. The SMILES string of the molecule is C[C@@H](Oc1ccc2[nH]nc(-c3cnc(N4CCNCC4)nc3)c2c1)c1c(Cl)cncc1Cl. The summed E-state index contributed by atoms with van der Waals surface area (Å²) < 4.78 is 6.15. The average Bonchev–Trinajstić information content (AvgIpc) is 3.23. The van der Waals surface area contributed by atoms with Gasteiger partial charge < -0.3 is 15.0 Å². The minimum absolute atomic E-state index is 0.354. The van der Waals surface area contributed by atoms with E-state index in [1.807, 2.05) is 37.5 Å². The van der Waals surface area contributed by atoms with Crippen LogP contribution in [0.4, 0.5) is 5.95 Å². The highest BCUT2D eigenvalue weighted by atomic mass is 35.5. The van der Waals surface area contributed by atoms with Crippen molar-refractivity contribution in [2.75, 3.05) is 31.1 Å². The fraction of sp³-hybridized carbons (Fsp3) is 0.273. The van der Waals surface area contributed by atoms with Crippen LogP contribution in [-0.4, -0.2) is 51.3 Å². The van der Waals surface area contributed by atoms with Crippen LogP contribution in [0.15, 0.2) is 43.0 Å². The van der Waals surface area contributed by atoms with E-state index >= 15 is 0 Å². The molecule has 164 valence electrons. The number of anilines is 1. The minimum Gasteiger partial charge on any atom is -0.486 e. The van der Waals surface area contributed by atoms with Gasteiger partial charge in [-0.3, -0.25) is 10.1 Å². The van der Waals surface area contributed by atoms with Crippen molar-refractivity contribution in [1.82, 2.24) is 30.5 Å². The number of H-pyrrole nitrogens is 1. The van der Waals surface area contributed by atoms with Crippen LogP contribution in [0.3, 0.4) is 0 Å². The molecule has 10 heteroatoms. The van der Waals surface area contributed by atoms with Crippen LogP contribution in [0, 0.1) is 0 Å². The van der Waals surface area contributed by atoms with E-state index in [1.54, 1.807) is 12.4 Å². The molecule has 3 aromatic heterocycles. The molecule has 4 aromatic rings. The lowest BCUT2D eigenvalue weighted by Crippen LogP contribution is -2.44. The van der Waals surface area contributed by atoms with Gasteiger partial charge in [-0.2, -0.15) is 5.10 Å². The molecule has 0 saturated carbocycles. The summed E-state index contributed by atoms with van der Waals surface area (Å²) in [5.74, 6) is 1.41. The summed E-state index contributed by atoms with van der Waals surface area (Å²) in [6.45, 7) is 5.57. The molecule has 1 fully saturated rings. The monoisotopic (exact) mass is 469 g/mol. The Hall–Kier alpha value is -2.94. The van der Waals surface area contributed by atoms with E-state index in [0.29, 0.717) is 21.4 Å². The maximum Gasteiger partial charge on any atom is 0.225 e. The van der Waals surface area contributed by atoms with Gasteiger partial charge in [-0.1, -0.05) is 23.2 Å². The molecular weight excluding hydrogens is 449 g/mol. The molecule has 1 aliphatic heterocycles. The molecule has 1 aliphatic rings. The maximum atomic E-state index is 6.28. The number of halogens is 2. The topological polar surface area (TPSA) is 91.8 Å². The van der Waals surface area contributed by atoms with E-state index in [-0.39, 0.29) is 6.10 Å². The lowest BCUT2D eigenvalue weighted by Gasteiger charge is -2.27. The fourth-order valence-corrected chi connectivity index (χ4v) is 4.50. The van der Waals surface area contributed by atoms with Gasteiger partial charge in [0.1, 0.15) is 17.5 Å². The molecule has 0 bridgehead atoms. The second kappa shape index (κ2) is 8.90. The number of pyridine rings is 1. The Morgan fingerprint density at radius 3 is 2.47 bits per heavy atom. The largest absolute Gasteiger partial charge is 0.486 e. The van der Waals surface area contributed by atoms with Crippen LogP contribution in [0.1, 0.15) is 18.6 Å². The summed E-state index contributed by atoms with van der Waals surface area (Å²) in [4.78, 5) is 15.3. The van der Waals surface area contributed by atoms with Gasteiger partial charge in [-0.25, -0.2) is 9.97 Å². The third kappa shape index (κ3) is 4.09. The number of ether oxygens (including phenoxy) is 1. The number of aromatic nitrogens is 5. The molecular formula is C22H21Cl2N7O. The van der Waals surface area contributed by atoms with E-state index in [1.165, 1.54) is 0 Å². The number of nitrogens with one attached hydrogen (secondary N) is 2. The Kier molecular flexibility index (Phi) is 5.82. The second-order valence-electron chi connectivity index (χ2n) is 7.57. The van der Waals surface area contributed by atoms with Crippen molar-refractivity contribution in [2.24, 2.45) is 0 Å². The number of hydrogen-bond acceptors (Lipinski definition) is 7. The third-order valence-corrected chi connectivity index (χ3v) is 6.06. The van der Waals surface area contributed by atoms with Crippen molar-refractivity contribution >= 4 is 40.1 Å². The number of piperazine rings is 1. The van der Waals surface area contributed by atoms with Gasteiger partial charge in [-0.05, 0) is 25.1 Å². The molecule has 0 radical (unpaired) electrons. The van der Waals surface area contributed by atoms with Gasteiger partial charge in [0.15, 0.2) is 0 Å². The molecule has 0 aliphatic carbocycles. The number of fused-ring (bicyclic) bond motifs is 1. The van der Waals surface area contributed by atoms with Crippen molar-refractivity contribution in [3.05, 3.63) is 58.6 Å². The smallest absolute Gasteiger partial charge is 0.225 e. The van der Waals surface area contributed by atoms with Gasteiger partial charge >= 0.3 is 0 Å². The molecule has 0 unspecified atom stereocenters. The van der Waals surface area contributed by atoms with Crippen molar-refractivity contribution < 1.29 is 4.74 Å². The lowest BCUT2D eigenvalue weighted by atomic mass is 10.1. The Labute approximate surface area is 194 Å². The van der Waals surface area contributed by atoms with Crippen LogP contribution < -0.4 is 15.0 Å². The highest BCUT2D eigenvalue weighted by Gasteiger charge is 2.18. The Balaban J connectivity index is 1.41. The molecule has 0 spiro atoms. The predicted octanol–water partition coefficient (Wildman–Crippen LogP) is 4.27. The van der Waals surface area contributed by atoms with E-state index in [9.17, 15) is 0 Å². The summed E-state index contributed by atoms with van der Waals surface area (Å²) in [6, 6.07) is 5.76. The number of benzene rings is 1. The zero-order valence-corrected chi connectivity index (χ0v) is 18.9. The Morgan fingerprint density at radius 1 is 1.03 bits per heavy atom. The standard InChI is InChI=1S/C22H21Cl2N7O/c1-13(20-17(23)11-26-12-18(20)24)32-15-2-3-19-16(8-15)21(30-29-19)14-9-27-22(28-10-14)31-6-4-25-5-7-31/h2-3,8-13,25H,4-7H2,1H3,(H,29,30)/t13-/m1/s1. The summed E-state index contributed by atoms with van der Waals surface area (Å²) in [5.41, 5.74) is 3.20. The van der Waals surface area contributed by atoms with Gasteiger partial charge in [0.2, 0.25) is 5.95 Å². The molecule has 2 N–H and O–H groups in total. The predicted molar refractivity (Wildman–Crippen MR) is 126 cm³/mol. The zero-order valence-electron chi connectivity index (χ0n) is 17.3. The minimum atomic E-state index is -0.354. The summed E-state index contributed by atoms with van der Waals surface area (Å²) in [5, 5.41) is 12.7.